The summed E-state index contributed by atoms with van der Waals surface area (Å²) >= 11 is 0. The Balaban J connectivity index is 2.12. The van der Waals surface area contributed by atoms with E-state index in [0.29, 0.717) is 12.4 Å². The van der Waals surface area contributed by atoms with Crippen LogP contribution in [0.2, 0.25) is 0 Å². The highest BCUT2D eigenvalue weighted by Gasteiger charge is 2.15. The first-order valence-electron chi connectivity index (χ1n) is 6.31. The van der Waals surface area contributed by atoms with Gasteiger partial charge in [0.25, 0.3) is 5.91 Å². The number of halogens is 3. The predicted octanol–water partition coefficient (Wildman–Crippen LogP) is 3.92. The minimum Gasteiger partial charge on any atom is -0.490 e. The lowest BCUT2D eigenvalue weighted by atomic mass is 10.2. The highest BCUT2D eigenvalue weighted by molar-refractivity contribution is 6.04. The summed E-state index contributed by atoms with van der Waals surface area (Å²) in [5.74, 6) is -4.51. The third-order valence-electron chi connectivity index (χ3n) is 2.77. The van der Waals surface area contributed by atoms with Crippen LogP contribution in [0, 0.1) is 17.5 Å². The van der Waals surface area contributed by atoms with Crippen molar-refractivity contribution in [1.29, 1.82) is 0 Å². The fraction of sp³-hybridized carbons (Fsp3) is 0.0625. The zero-order valence-electron chi connectivity index (χ0n) is 11.4. The lowest BCUT2D eigenvalue weighted by Gasteiger charge is -2.08. The van der Waals surface area contributed by atoms with Crippen molar-refractivity contribution in [3.05, 3.63) is 72.1 Å². The Bertz CT molecular complexity index is 699. The van der Waals surface area contributed by atoms with Crippen LogP contribution in [0.15, 0.2) is 49.1 Å². The molecule has 0 spiro atoms. The number of ether oxygens (including phenoxy) is 1. The second kappa shape index (κ2) is 6.80. The van der Waals surface area contributed by atoms with E-state index in [4.69, 9.17) is 4.74 Å². The van der Waals surface area contributed by atoms with Gasteiger partial charge in [-0.05, 0) is 36.4 Å². The maximum atomic E-state index is 13.5. The highest BCUT2D eigenvalue weighted by Crippen LogP contribution is 2.21. The first-order chi connectivity index (χ1) is 10.5. The number of carbonyl (C=O) groups is 1. The van der Waals surface area contributed by atoms with E-state index in [9.17, 15) is 18.0 Å². The largest absolute Gasteiger partial charge is 0.490 e. The summed E-state index contributed by atoms with van der Waals surface area (Å²) in [7, 11) is 0. The van der Waals surface area contributed by atoms with Gasteiger partial charge in [-0.25, -0.2) is 13.2 Å². The van der Waals surface area contributed by atoms with E-state index in [-0.39, 0.29) is 5.56 Å². The van der Waals surface area contributed by atoms with E-state index in [0.717, 1.165) is 12.1 Å². The minimum absolute atomic E-state index is 0.218. The van der Waals surface area contributed by atoms with Crippen molar-refractivity contribution in [2.45, 2.75) is 0 Å². The number of hydrogen-bond acceptors (Lipinski definition) is 2. The van der Waals surface area contributed by atoms with Crippen LogP contribution in [0.3, 0.4) is 0 Å². The molecule has 22 heavy (non-hydrogen) atoms. The van der Waals surface area contributed by atoms with Gasteiger partial charge in [-0.1, -0.05) is 12.7 Å². The standard InChI is InChI=1S/C16H12F3NO2/c1-2-9-22-11-5-3-10(4-6-11)16(21)20-13-8-7-12(17)14(18)15(13)19/h2-8H,1,9H2,(H,20,21). The van der Waals surface area contributed by atoms with Gasteiger partial charge in [0.1, 0.15) is 12.4 Å². The van der Waals surface area contributed by atoms with E-state index < -0.39 is 29.0 Å². The number of hydrogen-bond donors (Lipinski definition) is 1. The molecule has 6 heteroatoms. The molecule has 0 unspecified atom stereocenters. The molecule has 2 aromatic carbocycles. The van der Waals surface area contributed by atoms with Crippen LogP contribution in [0.4, 0.5) is 18.9 Å². The number of benzene rings is 2. The molecule has 1 N–H and O–H groups in total. The van der Waals surface area contributed by atoms with Crippen molar-refractivity contribution >= 4 is 11.6 Å². The van der Waals surface area contributed by atoms with Gasteiger partial charge in [0.2, 0.25) is 0 Å². The van der Waals surface area contributed by atoms with E-state index in [2.05, 4.69) is 11.9 Å². The Hall–Kier alpha value is -2.76. The van der Waals surface area contributed by atoms with Gasteiger partial charge < -0.3 is 10.1 Å². The Morgan fingerprint density at radius 3 is 2.41 bits per heavy atom. The van der Waals surface area contributed by atoms with Gasteiger partial charge in [0.15, 0.2) is 17.5 Å². The summed E-state index contributed by atoms with van der Waals surface area (Å²) in [6.07, 6.45) is 1.58. The average Bonchev–Trinajstić information content (AvgIpc) is 2.54. The fourth-order valence-corrected chi connectivity index (χ4v) is 1.67. The van der Waals surface area contributed by atoms with Gasteiger partial charge in [-0.2, -0.15) is 0 Å². The predicted molar refractivity (Wildman–Crippen MR) is 76.4 cm³/mol. The van der Waals surface area contributed by atoms with E-state index >= 15 is 0 Å². The summed E-state index contributed by atoms with van der Waals surface area (Å²) in [5, 5.41) is 2.18. The molecule has 2 rings (SSSR count). The second-order valence-corrected chi connectivity index (χ2v) is 4.30. The third-order valence-corrected chi connectivity index (χ3v) is 2.77. The molecule has 0 fully saturated rings. The molecule has 0 radical (unpaired) electrons. The number of anilines is 1. The molecule has 114 valence electrons. The van der Waals surface area contributed by atoms with Crippen molar-refractivity contribution in [1.82, 2.24) is 0 Å². The summed E-state index contributed by atoms with van der Waals surface area (Å²) in [5.41, 5.74) is -0.217. The minimum atomic E-state index is -1.63. The summed E-state index contributed by atoms with van der Waals surface area (Å²) in [6, 6.07) is 7.73. The van der Waals surface area contributed by atoms with Crippen molar-refractivity contribution in [2.24, 2.45) is 0 Å². The maximum absolute atomic E-state index is 13.5. The van der Waals surface area contributed by atoms with Gasteiger partial charge in [-0.15, -0.1) is 0 Å². The van der Waals surface area contributed by atoms with E-state index in [1.165, 1.54) is 12.1 Å². The van der Waals surface area contributed by atoms with Gasteiger partial charge >= 0.3 is 0 Å². The summed E-state index contributed by atoms with van der Waals surface area (Å²) < 4.78 is 44.6. The number of amides is 1. The van der Waals surface area contributed by atoms with Crippen LogP contribution in [0.1, 0.15) is 10.4 Å². The molecule has 0 aromatic heterocycles. The number of nitrogens with one attached hydrogen (secondary N) is 1. The molecule has 2 aromatic rings. The Kier molecular flexibility index (Phi) is 4.83. The molecule has 0 atom stereocenters. The van der Waals surface area contributed by atoms with Crippen LogP contribution < -0.4 is 10.1 Å². The van der Waals surface area contributed by atoms with Crippen molar-refractivity contribution in [3.63, 3.8) is 0 Å². The molecule has 0 aliphatic heterocycles. The smallest absolute Gasteiger partial charge is 0.255 e. The van der Waals surface area contributed by atoms with Crippen LogP contribution in [0.25, 0.3) is 0 Å². The molecule has 0 aliphatic carbocycles. The molecule has 1 amide bonds. The summed E-state index contributed by atoms with van der Waals surface area (Å²) in [6.45, 7) is 3.83. The average molecular weight is 307 g/mol. The first kappa shape index (κ1) is 15.6. The monoisotopic (exact) mass is 307 g/mol. The van der Waals surface area contributed by atoms with Crippen LogP contribution >= 0.6 is 0 Å². The first-order valence-corrected chi connectivity index (χ1v) is 6.31. The number of rotatable bonds is 5. The van der Waals surface area contributed by atoms with E-state index in [1.54, 1.807) is 18.2 Å². The molecule has 0 heterocycles. The van der Waals surface area contributed by atoms with E-state index in [1.807, 2.05) is 0 Å². The molecular weight excluding hydrogens is 295 g/mol. The number of carbonyl (C=O) groups excluding carboxylic acids is 1. The second-order valence-electron chi connectivity index (χ2n) is 4.30. The highest BCUT2D eigenvalue weighted by atomic mass is 19.2. The van der Waals surface area contributed by atoms with Crippen LogP contribution in [-0.2, 0) is 0 Å². The molecule has 0 saturated carbocycles. The van der Waals surface area contributed by atoms with Crippen molar-refractivity contribution < 1.29 is 22.7 Å². The maximum Gasteiger partial charge on any atom is 0.255 e. The van der Waals surface area contributed by atoms with Gasteiger partial charge in [0, 0.05) is 5.56 Å². The Morgan fingerprint density at radius 2 is 1.77 bits per heavy atom. The molecule has 0 saturated heterocycles. The quantitative estimate of drug-likeness (QED) is 0.671. The Morgan fingerprint density at radius 1 is 1.09 bits per heavy atom. The molecule has 3 nitrogen and oxygen atoms in total. The topological polar surface area (TPSA) is 38.3 Å². The summed E-state index contributed by atoms with van der Waals surface area (Å²) in [4.78, 5) is 11.9. The lowest BCUT2D eigenvalue weighted by Crippen LogP contribution is -2.13. The normalized spacial score (nSPS) is 10.1. The van der Waals surface area contributed by atoms with Crippen molar-refractivity contribution in [2.75, 3.05) is 11.9 Å². The zero-order chi connectivity index (χ0) is 16.1. The van der Waals surface area contributed by atoms with Crippen molar-refractivity contribution in [3.8, 4) is 5.75 Å². The lowest BCUT2D eigenvalue weighted by molar-refractivity contribution is 0.102. The van der Waals surface area contributed by atoms with Crippen LogP contribution in [0.5, 0.6) is 5.75 Å². The molecular formula is C16H12F3NO2. The zero-order valence-corrected chi connectivity index (χ0v) is 11.4. The third kappa shape index (κ3) is 3.46. The SMILES string of the molecule is C=CCOc1ccc(C(=O)Nc2ccc(F)c(F)c2F)cc1. The Labute approximate surface area is 125 Å². The molecule has 0 bridgehead atoms. The van der Waals surface area contributed by atoms with Gasteiger partial charge in [0.05, 0.1) is 5.69 Å². The fourth-order valence-electron chi connectivity index (χ4n) is 1.67. The van der Waals surface area contributed by atoms with Crippen LogP contribution in [-0.4, -0.2) is 12.5 Å². The molecule has 0 aliphatic rings. The van der Waals surface area contributed by atoms with Gasteiger partial charge in [-0.3, -0.25) is 4.79 Å².